The number of hydrogen-bond donors (Lipinski definition) is 1. The number of hydrogen-bond acceptors (Lipinski definition) is 4. The van der Waals surface area contributed by atoms with E-state index in [0.29, 0.717) is 29.9 Å². The third-order valence-corrected chi connectivity index (χ3v) is 8.73. The molecule has 1 aliphatic rings. The fourth-order valence-corrected chi connectivity index (χ4v) is 6.71. The highest BCUT2D eigenvalue weighted by Crippen LogP contribution is 2.35. The second-order valence-corrected chi connectivity index (χ2v) is 11.2. The number of rotatable bonds is 5. The SMILES string of the molecule is Cc1ccc(C)c(S(=O)(=O)Nc2ccc3c(c2)N(S(=O)(=O)c2ccccc2)CCC3)c1. The quantitative estimate of drug-likeness (QED) is 0.622. The van der Waals surface area contributed by atoms with Crippen molar-refractivity contribution in [3.05, 3.63) is 83.4 Å². The summed E-state index contributed by atoms with van der Waals surface area (Å²) < 4.78 is 56.5. The van der Waals surface area contributed by atoms with Crippen molar-refractivity contribution >= 4 is 31.4 Å². The van der Waals surface area contributed by atoms with E-state index < -0.39 is 20.0 Å². The largest absolute Gasteiger partial charge is 0.280 e. The first-order chi connectivity index (χ1) is 14.7. The lowest BCUT2D eigenvalue weighted by atomic mass is 10.0. The summed E-state index contributed by atoms with van der Waals surface area (Å²) in [5, 5.41) is 0. The van der Waals surface area contributed by atoms with Gasteiger partial charge in [0.15, 0.2) is 0 Å². The number of anilines is 2. The second-order valence-electron chi connectivity index (χ2n) is 7.71. The monoisotopic (exact) mass is 456 g/mol. The van der Waals surface area contributed by atoms with E-state index in [0.717, 1.165) is 17.5 Å². The van der Waals surface area contributed by atoms with E-state index >= 15 is 0 Å². The van der Waals surface area contributed by atoms with Crippen LogP contribution in [0.3, 0.4) is 0 Å². The summed E-state index contributed by atoms with van der Waals surface area (Å²) in [4.78, 5) is 0.420. The first-order valence-electron chi connectivity index (χ1n) is 9.99. The molecule has 0 bridgehead atoms. The molecule has 31 heavy (non-hydrogen) atoms. The molecule has 1 N–H and O–H groups in total. The lowest BCUT2D eigenvalue weighted by molar-refractivity contribution is 0.586. The van der Waals surface area contributed by atoms with Crippen LogP contribution in [0.15, 0.2) is 76.5 Å². The van der Waals surface area contributed by atoms with Gasteiger partial charge in [-0.3, -0.25) is 9.03 Å². The summed E-state index contributed by atoms with van der Waals surface area (Å²) in [6.45, 7) is 3.93. The molecule has 1 heterocycles. The Morgan fingerprint density at radius 2 is 1.61 bits per heavy atom. The number of nitrogens with one attached hydrogen (secondary N) is 1. The molecule has 0 aromatic heterocycles. The van der Waals surface area contributed by atoms with E-state index in [1.807, 2.05) is 13.0 Å². The first-order valence-corrected chi connectivity index (χ1v) is 12.9. The molecular formula is C23H24N2O4S2. The molecular weight excluding hydrogens is 432 g/mol. The van der Waals surface area contributed by atoms with Crippen LogP contribution in [0.4, 0.5) is 11.4 Å². The van der Waals surface area contributed by atoms with Gasteiger partial charge < -0.3 is 0 Å². The van der Waals surface area contributed by atoms with Crippen molar-refractivity contribution in [1.29, 1.82) is 0 Å². The Balaban J connectivity index is 1.72. The smallest absolute Gasteiger partial charge is 0.264 e. The molecule has 0 saturated carbocycles. The maximum absolute atomic E-state index is 13.2. The van der Waals surface area contributed by atoms with Gasteiger partial charge in [-0.25, -0.2) is 16.8 Å². The minimum absolute atomic E-state index is 0.207. The summed E-state index contributed by atoms with van der Waals surface area (Å²) in [6, 6.07) is 18.6. The van der Waals surface area contributed by atoms with Crippen LogP contribution in [0.5, 0.6) is 0 Å². The normalized spacial score (nSPS) is 14.2. The van der Waals surface area contributed by atoms with Gasteiger partial charge in [-0.05, 0) is 73.7 Å². The Kier molecular flexibility index (Phi) is 5.53. The molecule has 0 saturated heterocycles. The lowest BCUT2D eigenvalue weighted by Gasteiger charge is -2.31. The highest BCUT2D eigenvalue weighted by molar-refractivity contribution is 7.93. The average molecular weight is 457 g/mol. The van der Waals surface area contributed by atoms with Crippen molar-refractivity contribution in [2.24, 2.45) is 0 Å². The summed E-state index contributed by atoms with van der Waals surface area (Å²) in [5.74, 6) is 0. The summed E-state index contributed by atoms with van der Waals surface area (Å²) in [5.41, 5.74) is 3.20. The molecule has 0 fully saturated rings. The average Bonchev–Trinajstić information content (AvgIpc) is 2.75. The van der Waals surface area contributed by atoms with Gasteiger partial charge in [0.25, 0.3) is 20.0 Å². The third kappa shape index (κ3) is 4.18. The fraction of sp³-hybridized carbons (Fsp3) is 0.217. The molecule has 0 spiro atoms. The van der Waals surface area contributed by atoms with Crippen LogP contribution in [0.25, 0.3) is 0 Å². The van der Waals surface area contributed by atoms with Gasteiger partial charge in [-0.1, -0.05) is 36.4 Å². The van der Waals surface area contributed by atoms with Crippen molar-refractivity contribution in [2.75, 3.05) is 15.6 Å². The zero-order valence-electron chi connectivity index (χ0n) is 17.4. The van der Waals surface area contributed by atoms with E-state index in [4.69, 9.17) is 0 Å². The molecule has 0 radical (unpaired) electrons. The van der Waals surface area contributed by atoms with E-state index in [1.54, 1.807) is 67.6 Å². The van der Waals surface area contributed by atoms with Crippen molar-refractivity contribution in [2.45, 2.75) is 36.5 Å². The van der Waals surface area contributed by atoms with Gasteiger partial charge in [0.2, 0.25) is 0 Å². The van der Waals surface area contributed by atoms with Gasteiger partial charge in [0.05, 0.1) is 21.2 Å². The Morgan fingerprint density at radius 1 is 0.871 bits per heavy atom. The van der Waals surface area contributed by atoms with Crippen LogP contribution in [0.2, 0.25) is 0 Å². The van der Waals surface area contributed by atoms with Crippen LogP contribution in [-0.4, -0.2) is 23.4 Å². The van der Waals surface area contributed by atoms with Crippen LogP contribution in [-0.2, 0) is 26.5 Å². The van der Waals surface area contributed by atoms with E-state index in [2.05, 4.69) is 4.72 Å². The maximum atomic E-state index is 13.2. The minimum Gasteiger partial charge on any atom is -0.280 e. The number of aryl methyl sites for hydroxylation is 3. The number of benzene rings is 3. The van der Waals surface area contributed by atoms with E-state index in [9.17, 15) is 16.8 Å². The molecule has 0 aliphatic carbocycles. The Hall–Kier alpha value is -2.84. The van der Waals surface area contributed by atoms with Gasteiger partial charge in [0, 0.05) is 6.54 Å². The van der Waals surface area contributed by atoms with Crippen LogP contribution in [0, 0.1) is 13.8 Å². The molecule has 8 heteroatoms. The number of sulfonamides is 2. The molecule has 3 aromatic carbocycles. The molecule has 0 unspecified atom stereocenters. The predicted molar refractivity (Wildman–Crippen MR) is 122 cm³/mol. The van der Waals surface area contributed by atoms with Crippen molar-refractivity contribution in [3.63, 3.8) is 0 Å². The van der Waals surface area contributed by atoms with Gasteiger partial charge >= 0.3 is 0 Å². The maximum Gasteiger partial charge on any atom is 0.264 e. The van der Waals surface area contributed by atoms with Crippen LogP contribution < -0.4 is 9.03 Å². The third-order valence-electron chi connectivity index (χ3n) is 5.38. The molecule has 162 valence electrons. The lowest BCUT2D eigenvalue weighted by Crippen LogP contribution is -2.35. The minimum atomic E-state index is -3.82. The topological polar surface area (TPSA) is 83.6 Å². The summed E-state index contributed by atoms with van der Waals surface area (Å²) >= 11 is 0. The van der Waals surface area contributed by atoms with Gasteiger partial charge in [-0.2, -0.15) is 0 Å². The standard InChI is InChI=1S/C23H24N2O4S2/c1-17-10-11-18(2)23(15-17)30(26,27)24-20-13-12-19-7-6-14-25(22(19)16-20)31(28,29)21-8-4-3-5-9-21/h3-5,8-13,15-16,24H,6-7,14H2,1-2H3. The van der Waals surface area contributed by atoms with Crippen LogP contribution >= 0.6 is 0 Å². The fourth-order valence-electron chi connectivity index (χ4n) is 3.78. The second kappa shape index (κ2) is 8.01. The Morgan fingerprint density at radius 3 is 2.35 bits per heavy atom. The summed E-state index contributed by atoms with van der Waals surface area (Å²) in [6.07, 6.45) is 1.44. The van der Waals surface area contributed by atoms with E-state index in [1.165, 1.54) is 4.31 Å². The molecule has 1 aliphatic heterocycles. The molecule has 4 rings (SSSR count). The molecule has 3 aromatic rings. The molecule has 0 atom stereocenters. The van der Waals surface area contributed by atoms with Crippen molar-refractivity contribution in [1.82, 2.24) is 0 Å². The van der Waals surface area contributed by atoms with Crippen LogP contribution in [0.1, 0.15) is 23.1 Å². The van der Waals surface area contributed by atoms with Crippen molar-refractivity contribution in [3.8, 4) is 0 Å². The highest BCUT2D eigenvalue weighted by atomic mass is 32.2. The van der Waals surface area contributed by atoms with Gasteiger partial charge in [0.1, 0.15) is 0 Å². The molecule has 0 amide bonds. The summed E-state index contributed by atoms with van der Waals surface area (Å²) in [7, 11) is -7.56. The molecule has 6 nitrogen and oxygen atoms in total. The van der Waals surface area contributed by atoms with Gasteiger partial charge in [-0.15, -0.1) is 0 Å². The Labute approximate surface area is 183 Å². The Bertz CT molecular complexity index is 1340. The number of fused-ring (bicyclic) bond motifs is 1. The zero-order chi connectivity index (χ0) is 22.2. The first kappa shape index (κ1) is 21.4. The van der Waals surface area contributed by atoms with E-state index in [-0.39, 0.29) is 9.79 Å². The zero-order valence-corrected chi connectivity index (χ0v) is 19.0. The predicted octanol–water partition coefficient (Wildman–Crippen LogP) is 4.25. The van der Waals surface area contributed by atoms with Crippen molar-refractivity contribution < 1.29 is 16.8 Å². The number of nitrogens with zero attached hydrogens (tertiary/aromatic N) is 1. The highest BCUT2D eigenvalue weighted by Gasteiger charge is 2.29.